The maximum absolute atomic E-state index is 14.7. The monoisotopic (exact) mass is 482 g/mol. The summed E-state index contributed by atoms with van der Waals surface area (Å²) in [6, 6.07) is 11.9. The molecule has 3 nitrogen and oxygen atoms in total. The number of halogens is 2. The van der Waals surface area contributed by atoms with Gasteiger partial charge in [-0.05, 0) is 61.3 Å². The first kappa shape index (κ1) is 23.9. The molecule has 0 spiro atoms. The predicted octanol–water partition coefficient (Wildman–Crippen LogP) is 6.63. The molecule has 2 aromatic rings. The van der Waals surface area contributed by atoms with Crippen LogP contribution in [0.3, 0.4) is 0 Å². The first-order valence-electron chi connectivity index (χ1n) is 9.89. The van der Waals surface area contributed by atoms with Gasteiger partial charge in [0.05, 0.1) is 6.61 Å². The lowest BCUT2D eigenvalue weighted by Gasteiger charge is -2.36. The van der Waals surface area contributed by atoms with E-state index in [0.29, 0.717) is 17.9 Å². The second kappa shape index (κ2) is 9.19. The van der Waals surface area contributed by atoms with Crippen LogP contribution < -0.4 is 9.16 Å². The molecular formula is C23H32BrFO3Si. The fourth-order valence-corrected chi connectivity index (χ4v) is 3.94. The summed E-state index contributed by atoms with van der Waals surface area (Å²) in [5, 5.41) is 12.0. The lowest BCUT2D eigenvalue weighted by atomic mass is 9.88. The van der Waals surface area contributed by atoms with Crippen LogP contribution in [0, 0.1) is 5.82 Å². The number of alkyl halides is 1. The van der Waals surface area contributed by atoms with Gasteiger partial charge in [-0.3, -0.25) is 0 Å². The topological polar surface area (TPSA) is 38.7 Å². The van der Waals surface area contributed by atoms with Crippen molar-refractivity contribution >= 4 is 24.2 Å². The average molecular weight is 483 g/mol. The van der Waals surface area contributed by atoms with E-state index in [1.807, 2.05) is 12.1 Å². The van der Waals surface area contributed by atoms with Crippen molar-refractivity contribution < 1.29 is 18.7 Å². The van der Waals surface area contributed by atoms with E-state index in [0.717, 1.165) is 17.5 Å². The zero-order valence-corrected chi connectivity index (χ0v) is 20.8. The predicted molar refractivity (Wildman–Crippen MR) is 123 cm³/mol. The smallest absolute Gasteiger partial charge is 0.250 e. The minimum atomic E-state index is -1.94. The molecule has 29 heavy (non-hydrogen) atoms. The highest BCUT2D eigenvalue weighted by Gasteiger charge is 2.39. The Kier molecular flexibility index (Phi) is 7.57. The quantitative estimate of drug-likeness (QED) is 0.260. The summed E-state index contributed by atoms with van der Waals surface area (Å²) in [6.45, 7) is 13.1. The number of hydrogen-bond donors (Lipinski definition) is 1. The maximum atomic E-state index is 14.7. The molecule has 1 atom stereocenters. The second-order valence-corrected chi connectivity index (χ2v) is 14.5. The summed E-state index contributed by atoms with van der Waals surface area (Å²) in [4.78, 5) is 0. The van der Waals surface area contributed by atoms with E-state index in [9.17, 15) is 9.50 Å². The zero-order valence-electron chi connectivity index (χ0n) is 18.2. The molecule has 2 aromatic carbocycles. The minimum Gasteiger partial charge on any atom is -0.544 e. The van der Waals surface area contributed by atoms with Gasteiger partial charge in [0.2, 0.25) is 8.32 Å². The van der Waals surface area contributed by atoms with Gasteiger partial charge in [-0.15, -0.1) is 0 Å². The molecule has 160 valence electrons. The Balaban J connectivity index is 2.21. The van der Waals surface area contributed by atoms with Gasteiger partial charge in [-0.1, -0.05) is 48.8 Å². The number of ether oxygens (including phenoxy) is 1. The molecule has 6 heteroatoms. The SMILES string of the molecule is CC(O)(c1ccc(O[Si](C)(C)C(C)(C)C)cc1)c1ccc(OCCCBr)cc1F. The van der Waals surface area contributed by atoms with Gasteiger partial charge in [0, 0.05) is 17.0 Å². The van der Waals surface area contributed by atoms with Crippen molar-refractivity contribution in [2.45, 2.75) is 57.8 Å². The van der Waals surface area contributed by atoms with Crippen LogP contribution in [0.15, 0.2) is 42.5 Å². The Labute approximate surface area is 183 Å². The molecule has 1 unspecified atom stereocenters. The highest BCUT2D eigenvalue weighted by atomic mass is 79.9. The molecule has 0 bridgehead atoms. The van der Waals surface area contributed by atoms with E-state index in [-0.39, 0.29) is 10.6 Å². The van der Waals surface area contributed by atoms with Crippen molar-refractivity contribution in [1.82, 2.24) is 0 Å². The first-order chi connectivity index (χ1) is 13.4. The maximum Gasteiger partial charge on any atom is 0.250 e. The van der Waals surface area contributed by atoms with E-state index in [4.69, 9.17) is 9.16 Å². The summed E-state index contributed by atoms with van der Waals surface area (Å²) in [5.74, 6) is 0.737. The summed E-state index contributed by atoms with van der Waals surface area (Å²) in [7, 11) is -1.94. The highest BCUT2D eigenvalue weighted by Crippen LogP contribution is 2.38. The summed E-state index contributed by atoms with van der Waals surface area (Å²) in [6.07, 6.45) is 0.838. The third kappa shape index (κ3) is 5.83. The number of hydrogen-bond acceptors (Lipinski definition) is 3. The van der Waals surface area contributed by atoms with Crippen molar-refractivity contribution in [1.29, 1.82) is 0 Å². The van der Waals surface area contributed by atoms with Crippen LogP contribution in [0.2, 0.25) is 18.1 Å². The van der Waals surface area contributed by atoms with Crippen LogP contribution in [0.25, 0.3) is 0 Å². The van der Waals surface area contributed by atoms with Crippen molar-refractivity contribution in [2.24, 2.45) is 0 Å². The van der Waals surface area contributed by atoms with Gasteiger partial charge in [0.15, 0.2) is 0 Å². The van der Waals surface area contributed by atoms with Gasteiger partial charge in [-0.25, -0.2) is 4.39 Å². The van der Waals surface area contributed by atoms with Crippen LogP contribution in [-0.4, -0.2) is 25.4 Å². The Morgan fingerprint density at radius 1 is 1.00 bits per heavy atom. The molecule has 0 aliphatic rings. The van der Waals surface area contributed by atoms with Gasteiger partial charge in [-0.2, -0.15) is 0 Å². The lowest BCUT2D eigenvalue weighted by molar-refractivity contribution is 0.0978. The summed E-state index contributed by atoms with van der Waals surface area (Å²) >= 11 is 3.34. The van der Waals surface area contributed by atoms with Crippen LogP contribution >= 0.6 is 15.9 Å². The summed E-state index contributed by atoms with van der Waals surface area (Å²) in [5.41, 5.74) is -0.649. The molecule has 0 amide bonds. The third-order valence-corrected chi connectivity index (χ3v) is 10.5. The Bertz CT molecular complexity index is 814. The van der Waals surface area contributed by atoms with Crippen molar-refractivity contribution in [3.05, 3.63) is 59.4 Å². The lowest BCUT2D eigenvalue weighted by Crippen LogP contribution is -2.43. The van der Waals surface area contributed by atoms with Crippen LogP contribution in [0.4, 0.5) is 4.39 Å². The molecule has 0 heterocycles. The van der Waals surface area contributed by atoms with Crippen LogP contribution in [0.1, 0.15) is 45.2 Å². The third-order valence-electron chi connectivity index (χ3n) is 5.61. The van der Waals surface area contributed by atoms with Crippen molar-refractivity contribution in [2.75, 3.05) is 11.9 Å². The minimum absolute atomic E-state index is 0.0959. The van der Waals surface area contributed by atoms with E-state index >= 15 is 0 Å². The molecule has 0 aliphatic carbocycles. The molecule has 0 aliphatic heterocycles. The van der Waals surface area contributed by atoms with E-state index in [2.05, 4.69) is 49.8 Å². The molecule has 0 saturated carbocycles. The number of benzene rings is 2. The Morgan fingerprint density at radius 3 is 2.10 bits per heavy atom. The van der Waals surface area contributed by atoms with Gasteiger partial charge in [0.25, 0.3) is 0 Å². The fraction of sp³-hybridized carbons (Fsp3) is 0.478. The average Bonchev–Trinajstić information content (AvgIpc) is 2.61. The van der Waals surface area contributed by atoms with Gasteiger partial charge in [0.1, 0.15) is 22.9 Å². The van der Waals surface area contributed by atoms with E-state index in [1.165, 1.54) is 6.07 Å². The molecule has 0 saturated heterocycles. The molecule has 0 radical (unpaired) electrons. The highest BCUT2D eigenvalue weighted by molar-refractivity contribution is 9.09. The van der Waals surface area contributed by atoms with Crippen LogP contribution in [0.5, 0.6) is 11.5 Å². The first-order valence-corrected chi connectivity index (χ1v) is 13.9. The molecule has 1 N–H and O–H groups in total. The number of rotatable bonds is 8. The molecular weight excluding hydrogens is 451 g/mol. The van der Waals surface area contributed by atoms with Gasteiger partial charge < -0.3 is 14.3 Å². The standard InChI is InChI=1S/C23H32BrFO3Si/c1-22(2,3)29(5,6)28-18-10-8-17(9-11-18)23(4,26)20-13-12-19(16-21(20)25)27-15-7-14-24/h8-13,16,26H,7,14-15H2,1-6H3. The zero-order chi connectivity index (χ0) is 21.9. The van der Waals surface area contributed by atoms with Crippen LogP contribution in [-0.2, 0) is 5.60 Å². The van der Waals surface area contributed by atoms with Gasteiger partial charge >= 0.3 is 0 Å². The normalized spacial score (nSPS) is 14.4. The van der Waals surface area contributed by atoms with E-state index in [1.54, 1.807) is 31.2 Å². The van der Waals surface area contributed by atoms with E-state index < -0.39 is 19.7 Å². The molecule has 2 rings (SSSR count). The fourth-order valence-electron chi connectivity index (χ4n) is 2.68. The second-order valence-electron chi connectivity index (χ2n) is 8.99. The largest absolute Gasteiger partial charge is 0.544 e. The summed E-state index contributed by atoms with van der Waals surface area (Å²) < 4.78 is 26.5. The Morgan fingerprint density at radius 2 is 1.59 bits per heavy atom. The van der Waals surface area contributed by atoms with Crippen molar-refractivity contribution in [3.8, 4) is 11.5 Å². The van der Waals surface area contributed by atoms with Crippen molar-refractivity contribution in [3.63, 3.8) is 0 Å². The number of aliphatic hydroxyl groups is 1. The molecule has 0 fully saturated rings. The molecule has 0 aromatic heterocycles. The Hall–Kier alpha value is -1.37.